The number of rotatable bonds is 6. The van der Waals surface area contributed by atoms with Gasteiger partial charge in [0.2, 0.25) is 11.8 Å². The Morgan fingerprint density at radius 2 is 1.84 bits per heavy atom. The third kappa shape index (κ3) is 4.89. The predicted molar refractivity (Wildman–Crippen MR) is 99.6 cm³/mol. The number of hydrogen-bond acceptors (Lipinski definition) is 5. The number of benzene rings is 1. The quantitative estimate of drug-likeness (QED) is 0.723. The fourth-order valence-electron chi connectivity index (χ4n) is 2.45. The van der Waals surface area contributed by atoms with Crippen LogP contribution in [0.5, 0.6) is 5.88 Å². The Morgan fingerprint density at radius 1 is 1.16 bits per heavy atom. The van der Waals surface area contributed by atoms with Crippen molar-refractivity contribution in [3.63, 3.8) is 0 Å². The first kappa shape index (κ1) is 19.1. The zero-order valence-corrected chi connectivity index (χ0v) is 16.0. The van der Waals surface area contributed by atoms with E-state index in [1.54, 1.807) is 0 Å². The van der Waals surface area contributed by atoms with E-state index in [2.05, 4.69) is 24.0 Å². The van der Waals surface area contributed by atoms with Crippen molar-refractivity contribution < 1.29 is 14.3 Å². The van der Waals surface area contributed by atoms with Crippen LogP contribution in [0.1, 0.15) is 55.8 Å². The Morgan fingerprint density at radius 3 is 2.36 bits per heavy atom. The summed E-state index contributed by atoms with van der Waals surface area (Å²) in [5.41, 5.74) is 2.05. The van der Waals surface area contributed by atoms with E-state index in [0.717, 1.165) is 23.4 Å². The average molecular weight is 360 g/mol. The molecular formula is C19H24N2O3S. The van der Waals surface area contributed by atoms with Crippen LogP contribution in [-0.4, -0.2) is 16.4 Å². The molecule has 0 aliphatic rings. The lowest BCUT2D eigenvalue weighted by atomic mass is 10.1. The summed E-state index contributed by atoms with van der Waals surface area (Å²) in [5.74, 6) is -0.398. The van der Waals surface area contributed by atoms with Gasteiger partial charge in [-0.2, -0.15) is 0 Å². The highest BCUT2D eigenvalue weighted by atomic mass is 32.1. The van der Waals surface area contributed by atoms with Gasteiger partial charge in [0.1, 0.15) is 0 Å². The summed E-state index contributed by atoms with van der Waals surface area (Å²) in [5, 5.41) is 0. The number of esters is 1. The monoisotopic (exact) mass is 360 g/mol. The van der Waals surface area contributed by atoms with Gasteiger partial charge in [0.15, 0.2) is 4.80 Å². The SMILES string of the molecule is CCCCc1ccc(N=c2sc(CC)c(OC(C)=O)n2C(C)=O)cc1. The van der Waals surface area contributed by atoms with Crippen LogP contribution in [0.3, 0.4) is 0 Å². The zero-order chi connectivity index (χ0) is 18.4. The molecule has 2 aromatic rings. The summed E-state index contributed by atoms with van der Waals surface area (Å²) in [6.45, 7) is 6.89. The number of nitrogens with zero attached hydrogens (tertiary/aromatic N) is 2. The number of thiazole rings is 1. The first-order chi connectivity index (χ1) is 12.0. The summed E-state index contributed by atoms with van der Waals surface area (Å²) < 4.78 is 6.64. The van der Waals surface area contributed by atoms with Crippen LogP contribution in [0.2, 0.25) is 0 Å². The lowest BCUT2D eigenvalue weighted by Gasteiger charge is -2.05. The summed E-state index contributed by atoms with van der Waals surface area (Å²) in [4.78, 5) is 29.4. The minimum atomic E-state index is -0.450. The number of unbranched alkanes of at least 4 members (excludes halogenated alkanes) is 1. The number of hydrogen-bond donors (Lipinski definition) is 0. The van der Waals surface area contributed by atoms with E-state index in [-0.39, 0.29) is 11.8 Å². The Bertz CT molecular complexity index is 816. The number of aromatic nitrogens is 1. The molecule has 0 saturated heterocycles. The van der Waals surface area contributed by atoms with E-state index in [4.69, 9.17) is 4.74 Å². The minimum Gasteiger partial charge on any atom is -0.408 e. The maximum Gasteiger partial charge on any atom is 0.309 e. The number of carbonyl (C=O) groups excluding carboxylic acids is 2. The van der Waals surface area contributed by atoms with Crippen LogP contribution in [-0.2, 0) is 17.6 Å². The Labute approximate surface area is 152 Å². The van der Waals surface area contributed by atoms with Crippen molar-refractivity contribution in [3.8, 4) is 5.88 Å². The second-order valence-electron chi connectivity index (χ2n) is 5.80. The van der Waals surface area contributed by atoms with Crippen molar-refractivity contribution in [1.82, 2.24) is 4.57 Å². The highest BCUT2D eigenvalue weighted by molar-refractivity contribution is 7.09. The van der Waals surface area contributed by atoms with Gasteiger partial charge in [-0.05, 0) is 37.0 Å². The first-order valence-corrected chi connectivity index (χ1v) is 9.35. The molecule has 6 heteroatoms. The molecule has 1 aromatic carbocycles. The standard InChI is InChI=1S/C19H24N2O3S/c1-5-7-8-15-9-11-16(12-10-15)20-19-21(13(3)22)18(24-14(4)23)17(6-2)25-19/h9-12H,5-8H2,1-4H3. The van der Waals surface area contributed by atoms with Gasteiger partial charge >= 0.3 is 5.97 Å². The van der Waals surface area contributed by atoms with Crippen molar-refractivity contribution in [2.75, 3.05) is 0 Å². The average Bonchev–Trinajstić information content (AvgIpc) is 2.90. The van der Waals surface area contributed by atoms with E-state index in [1.807, 2.05) is 19.1 Å². The largest absolute Gasteiger partial charge is 0.408 e. The molecule has 1 heterocycles. The second kappa shape index (κ2) is 8.76. The van der Waals surface area contributed by atoms with Crippen LogP contribution in [0.25, 0.3) is 0 Å². The molecule has 2 rings (SSSR count). The van der Waals surface area contributed by atoms with Gasteiger partial charge in [0.25, 0.3) is 0 Å². The molecule has 0 atom stereocenters. The lowest BCUT2D eigenvalue weighted by Crippen LogP contribution is -2.22. The van der Waals surface area contributed by atoms with Gasteiger partial charge < -0.3 is 4.74 Å². The summed E-state index contributed by atoms with van der Waals surface area (Å²) in [6, 6.07) is 8.03. The second-order valence-corrected chi connectivity index (χ2v) is 6.86. The molecule has 0 aliphatic carbocycles. The van der Waals surface area contributed by atoms with E-state index < -0.39 is 5.97 Å². The molecule has 134 valence electrons. The van der Waals surface area contributed by atoms with Gasteiger partial charge in [-0.3, -0.25) is 9.59 Å². The highest BCUT2D eigenvalue weighted by Gasteiger charge is 2.18. The van der Waals surface area contributed by atoms with Gasteiger partial charge in [-0.1, -0.05) is 43.7 Å². The zero-order valence-electron chi connectivity index (χ0n) is 15.2. The Hall–Kier alpha value is -2.21. The molecule has 5 nitrogen and oxygen atoms in total. The van der Waals surface area contributed by atoms with Crippen molar-refractivity contribution in [2.24, 2.45) is 4.99 Å². The highest BCUT2D eigenvalue weighted by Crippen LogP contribution is 2.23. The summed E-state index contributed by atoms with van der Waals surface area (Å²) >= 11 is 1.37. The molecular weight excluding hydrogens is 336 g/mol. The van der Waals surface area contributed by atoms with Crippen LogP contribution in [0, 0.1) is 0 Å². The molecule has 1 aromatic heterocycles. The topological polar surface area (TPSA) is 60.7 Å². The maximum absolute atomic E-state index is 12.1. The molecule has 0 aliphatic heterocycles. The first-order valence-electron chi connectivity index (χ1n) is 8.54. The van der Waals surface area contributed by atoms with Crippen molar-refractivity contribution in [1.29, 1.82) is 0 Å². The fourth-order valence-corrected chi connectivity index (χ4v) is 3.49. The summed E-state index contributed by atoms with van der Waals surface area (Å²) in [6.07, 6.45) is 4.04. The molecule has 0 saturated carbocycles. The number of aryl methyl sites for hydroxylation is 2. The number of ether oxygens (including phenoxy) is 1. The van der Waals surface area contributed by atoms with Crippen LogP contribution in [0.4, 0.5) is 5.69 Å². The third-order valence-corrected chi connectivity index (χ3v) is 4.87. The van der Waals surface area contributed by atoms with Gasteiger partial charge in [-0.25, -0.2) is 9.56 Å². The van der Waals surface area contributed by atoms with Crippen LogP contribution >= 0.6 is 11.3 Å². The molecule has 0 N–H and O–H groups in total. The molecule has 0 amide bonds. The normalized spacial score (nSPS) is 11.6. The lowest BCUT2D eigenvalue weighted by molar-refractivity contribution is -0.132. The van der Waals surface area contributed by atoms with E-state index in [0.29, 0.717) is 11.2 Å². The van der Waals surface area contributed by atoms with Crippen molar-refractivity contribution >= 4 is 28.9 Å². The third-order valence-electron chi connectivity index (χ3n) is 3.70. The van der Waals surface area contributed by atoms with Crippen LogP contribution in [0.15, 0.2) is 29.3 Å². The van der Waals surface area contributed by atoms with Gasteiger partial charge in [0, 0.05) is 13.8 Å². The molecule has 0 spiro atoms. The fraction of sp³-hybridized carbons (Fsp3) is 0.421. The smallest absolute Gasteiger partial charge is 0.309 e. The Balaban J connectivity index is 2.46. The summed E-state index contributed by atoms with van der Waals surface area (Å²) in [7, 11) is 0. The van der Waals surface area contributed by atoms with Crippen LogP contribution < -0.4 is 9.54 Å². The van der Waals surface area contributed by atoms with Crippen molar-refractivity contribution in [2.45, 2.75) is 53.4 Å². The molecule has 0 fully saturated rings. The molecule has 0 bridgehead atoms. The molecule has 25 heavy (non-hydrogen) atoms. The van der Waals surface area contributed by atoms with Gasteiger partial charge in [-0.15, -0.1) is 0 Å². The minimum absolute atomic E-state index is 0.231. The number of carbonyl (C=O) groups is 2. The predicted octanol–water partition coefficient (Wildman–Crippen LogP) is 4.27. The maximum atomic E-state index is 12.1. The van der Waals surface area contributed by atoms with Crippen molar-refractivity contribution in [3.05, 3.63) is 39.5 Å². The van der Waals surface area contributed by atoms with E-state index >= 15 is 0 Å². The molecule has 0 unspecified atom stereocenters. The Kier molecular flexibility index (Phi) is 6.70. The molecule has 0 radical (unpaired) electrons. The van der Waals surface area contributed by atoms with E-state index in [1.165, 1.54) is 41.7 Å². The van der Waals surface area contributed by atoms with Gasteiger partial charge in [0.05, 0.1) is 10.6 Å². The van der Waals surface area contributed by atoms with E-state index in [9.17, 15) is 9.59 Å².